The van der Waals surface area contributed by atoms with Gasteiger partial charge in [-0.05, 0) is 32.0 Å². The van der Waals surface area contributed by atoms with Gasteiger partial charge in [-0.3, -0.25) is 24.1 Å². The number of nitrogens with one attached hydrogen (secondary N) is 1. The molecule has 3 rings (SSSR count). The van der Waals surface area contributed by atoms with Gasteiger partial charge in [-0.15, -0.1) is 0 Å². The van der Waals surface area contributed by atoms with Crippen LogP contribution >= 0.6 is 0 Å². The third-order valence-electron chi connectivity index (χ3n) is 5.19. The fourth-order valence-corrected chi connectivity index (χ4v) is 5.00. The Morgan fingerprint density at radius 1 is 1.21 bits per heavy atom. The molecule has 1 heterocycles. The second-order valence-corrected chi connectivity index (χ2v) is 9.95. The molecule has 0 unspecified atom stereocenters. The number of hydrogen-bond donors (Lipinski definition) is 2. The zero-order chi connectivity index (χ0) is 25.3. The lowest BCUT2D eigenvalue weighted by atomic mass is 10.1. The van der Waals surface area contributed by atoms with Gasteiger partial charge in [-0.25, -0.2) is 13.2 Å². The number of benzene rings is 2. The molecule has 2 N–H and O–H groups in total. The van der Waals surface area contributed by atoms with Crippen molar-refractivity contribution < 1.29 is 32.8 Å². The van der Waals surface area contributed by atoms with E-state index in [0.717, 1.165) is 21.3 Å². The Morgan fingerprint density at radius 3 is 2.38 bits per heavy atom. The summed E-state index contributed by atoms with van der Waals surface area (Å²) in [6, 6.07) is 9.97. The van der Waals surface area contributed by atoms with Gasteiger partial charge < -0.3 is 15.2 Å². The highest BCUT2D eigenvalue weighted by atomic mass is 32.2. The van der Waals surface area contributed by atoms with E-state index in [1.165, 1.54) is 51.3 Å². The molecule has 0 aromatic heterocycles. The normalized spacial score (nSPS) is 16.2. The summed E-state index contributed by atoms with van der Waals surface area (Å²) in [7, 11) is -3.07. The number of hydrogen-bond acceptors (Lipinski definition) is 8. The molecule has 1 aliphatic heterocycles. The van der Waals surface area contributed by atoms with Crippen LogP contribution in [0.25, 0.3) is 0 Å². The van der Waals surface area contributed by atoms with Crippen LogP contribution in [0.5, 0.6) is 5.75 Å². The van der Waals surface area contributed by atoms with Gasteiger partial charge in [0.2, 0.25) is 0 Å². The number of anilines is 1. The van der Waals surface area contributed by atoms with Crippen LogP contribution in [0, 0.1) is 10.1 Å². The smallest absolute Gasteiger partial charge is 0.325 e. The van der Waals surface area contributed by atoms with Crippen molar-refractivity contribution in [2.75, 3.05) is 24.5 Å². The number of amides is 3. The Balaban J connectivity index is 2.03. The molecule has 0 spiro atoms. The van der Waals surface area contributed by atoms with Crippen LogP contribution in [0.4, 0.5) is 16.2 Å². The van der Waals surface area contributed by atoms with Gasteiger partial charge in [0, 0.05) is 12.1 Å². The van der Waals surface area contributed by atoms with Gasteiger partial charge >= 0.3 is 6.03 Å². The molecule has 1 aliphatic rings. The van der Waals surface area contributed by atoms with E-state index in [1.807, 2.05) is 0 Å². The van der Waals surface area contributed by atoms with Crippen LogP contribution in [0.3, 0.4) is 0 Å². The van der Waals surface area contributed by atoms with E-state index in [-0.39, 0.29) is 16.3 Å². The van der Waals surface area contributed by atoms with Gasteiger partial charge in [0.05, 0.1) is 36.1 Å². The van der Waals surface area contributed by atoms with E-state index in [0.29, 0.717) is 0 Å². The summed E-state index contributed by atoms with van der Waals surface area (Å²) >= 11 is 0. The van der Waals surface area contributed by atoms with Crippen molar-refractivity contribution in [1.29, 1.82) is 0 Å². The molecule has 2 aromatic rings. The second-order valence-electron chi connectivity index (χ2n) is 8.09. The number of rotatable bonds is 9. The third kappa shape index (κ3) is 4.79. The first-order valence-electron chi connectivity index (χ1n) is 10.1. The molecular weight excluding hydrogens is 468 g/mol. The maximum Gasteiger partial charge on any atom is 0.325 e. The first-order valence-corrected chi connectivity index (χ1v) is 11.5. The summed E-state index contributed by atoms with van der Waals surface area (Å²) < 4.78 is 33.0. The Morgan fingerprint density at radius 2 is 1.85 bits per heavy atom. The van der Waals surface area contributed by atoms with Gasteiger partial charge in [-0.2, -0.15) is 0 Å². The lowest BCUT2D eigenvalue weighted by Gasteiger charge is -2.29. The molecule has 2 aromatic carbocycles. The molecule has 13 heteroatoms. The molecular formula is C21H24N4O8S. The molecule has 0 aliphatic carbocycles. The lowest BCUT2D eigenvalue weighted by molar-refractivity contribution is -0.384. The van der Waals surface area contributed by atoms with E-state index in [2.05, 4.69) is 5.32 Å². The number of nitro groups is 1. The van der Waals surface area contributed by atoms with Crippen LogP contribution in [0.2, 0.25) is 0 Å². The quantitative estimate of drug-likeness (QED) is 0.302. The Kier molecular flexibility index (Phi) is 6.79. The minimum atomic E-state index is -4.34. The summed E-state index contributed by atoms with van der Waals surface area (Å²) in [5.41, 5.74) is -1.75. The number of nitrogens with zero attached hydrogens (tertiary/aromatic N) is 3. The number of methoxy groups -OCH3 is 1. The molecule has 34 heavy (non-hydrogen) atoms. The van der Waals surface area contributed by atoms with E-state index in [1.54, 1.807) is 6.07 Å². The third-order valence-corrected chi connectivity index (χ3v) is 6.98. The fourth-order valence-electron chi connectivity index (χ4n) is 3.48. The van der Waals surface area contributed by atoms with Crippen LogP contribution < -0.4 is 14.4 Å². The Hall–Kier alpha value is -3.71. The molecule has 1 saturated heterocycles. The molecule has 0 saturated carbocycles. The fraction of sp³-hybridized carbons (Fsp3) is 0.333. The van der Waals surface area contributed by atoms with E-state index in [9.17, 15) is 33.2 Å². The van der Waals surface area contributed by atoms with Gasteiger partial charge in [0.25, 0.3) is 21.6 Å². The van der Waals surface area contributed by atoms with Crippen molar-refractivity contribution in [2.24, 2.45) is 0 Å². The van der Waals surface area contributed by atoms with E-state index >= 15 is 0 Å². The number of urea groups is 1. The van der Waals surface area contributed by atoms with Gasteiger partial charge in [-0.1, -0.05) is 18.2 Å². The van der Waals surface area contributed by atoms with Crippen molar-refractivity contribution in [1.82, 2.24) is 10.2 Å². The molecule has 0 radical (unpaired) electrons. The van der Waals surface area contributed by atoms with E-state index in [4.69, 9.17) is 4.74 Å². The number of carbonyl (C=O) groups is 2. The number of carbonyl (C=O) groups excluding carboxylic acids is 2. The number of imide groups is 1. The maximum absolute atomic E-state index is 13.5. The zero-order valence-corrected chi connectivity index (χ0v) is 19.5. The lowest BCUT2D eigenvalue weighted by Crippen LogP contribution is -2.45. The zero-order valence-electron chi connectivity index (χ0n) is 18.7. The second kappa shape index (κ2) is 9.27. The predicted molar refractivity (Wildman–Crippen MR) is 121 cm³/mol. The van der Waals surface area contributed by atoms with Crippen LogP contribution in [-0.4, -0.2) is 67.1 Å². The number of nitro benzene ring substituents is 1. The number of aliphatic hydroxyl groups excluding tert-OH is 1. The van der Waals surface area contributed by atoms with Crippen LogP contribution in [0.1, 0.15) is 13.8 Å². The average Bonchev–Trinajstić information content (AvgIpc) is 2.98. The highest BCUT2D eigenvalue weighted by Crippen LogP contribution is 2.36. The number of non-ortho nitro benzene ring substituents is 1. The standard InChI is InChI=1S/C21H24N4O8S/c1-21(2)19(27)23(20(28)22-21)12-15(26)13-24(34(31,32)16-7-5-4-6-8-16)17-11-14(25(29)30)9-10-18(17)33-3/h4-11,15,26H,12-13H2,1-3H3,(H,22,28)/t15-/m1/s1. The summed E-state index contributed by atoms with van der Waals surface area (Å²) in [6.07, 6.45) is -1.52. The van der Waals surface area contributed by atoms with Crippen LogP contribution in [-0.2, 0) is 14.8 Å². The summed E-state index contributed by atoms with van der Waals surface area (Å²) in [4.78, 5) is 36.0. The molecule has 12 nitrogen and oxygen atoms in total. The highest BCUT2D eigenvalue weighted by molar-refractivity contribution is 7.92. The van der Waals surface area contributed by atoms with Crippen molar-refractivity contribution in [3.8, 4) is 5.75 Å². The number of sulfonamides is 1. The number of ether oxygens (including phenoxy) is 1. The first-order chi connectivity index (χ1) is 15.9. The van der Waals surface area contributed by atoms with Gasteiger partial charge in [0.15, 0.2) is 0 Å². The topological polar surface area (TPSA) is 159 Å². The summed E-state index contributed by atoms with van der Waals surface area (Å²) in [6.45, 7) is 1.89. The largest absolute Gasteiger partial charge is 0.495 e. The minimum absolute atomic E-state index is 0.00781. The monoisotopic (exact) mass is 492 g/mol. The molecule has 182 valence electrons. The molecule has 0 bridgehead atoms. The van der Waals surface area contributed by atoms with Crippen molar-refractivity contribution in [2.45, 2.75) is 30.4 Å². The average molecular weight is 493 g/mol. The highest BCUT2D eigenvalue weighted by Gasteiger charge is 2.45. The molecule has 3 amide bonds. The Bertz CT molecular complexity index is 1220. The Labute approximate surface area is 195 Å². The minimum Gasteiger partial charge on any atom is -0.495 e. The SMILES string of the molecule is COc1ccc([N+](=O)[O-])cc1N(C[C@H](O)CN1C(=O)NC(C)(C)C1=O)S(=O)(=O)c1ccccc1. The van der Waals surface area contributed by atoms with Crippen molar-refractivity contribution in [3.05, 3.63) is 58.6 Å². The summed E-state index contributed by atoms with van der Waals surface area (Å²) in [5, 5.41) is 24.6. The van der Waals surface area contributed by atoms with Gasteiger partial charge in [0.1, 0.15) is 17.0 Å². The molecule has 1 fully saturated rings. The number of aliphatic hydroxyl groups is 1. The molecule has 1 atom stereocenters. The maximum atomic E-state index is 13.5. The predicted octanol–water partition coefficient (Wildman–Crippen LogP) is 1.49. The first kappa shape index (κ1) is 24.9. The van der Waals surface area contributed by atoms with Crippen LogP contribution in [0.15, 0.2) is 53.4 Å². The van der Waals surface area contributed by atoms with Crippen molar-refractivity contribution in [3.63, 3.8) is 0 Å². The number of β-amino-alcohol motifs (C(OH)–C–C–N with tert-alkyl or cyclic N) is 1. The van der Waals surface area contributed by atoms with E-state index < -0.39 is 57.3 Å². The van der Waals surface area contributed by atoms with Crippen molar-refractivity contribution >= 4 is 33.3 Å². The summed E-state index contributed by atoms with van der Waals surface area (Å²) in [5.74, 6) is -0.574.